The van der Waals surface area contributed by atoms with Crippen molar-refractivity contribution in [2.24, 2.45) is 4.99 Å². The van der Waals surface area contributed by atoms with Crippen LogP contribution in [0.25, 0.3) is 0 Å². The van der Waals surface area contributed by atoms with Crippen molar-refractivity contribution in [2.45, 2.75) is 46.1 Å². The molecule has 1 heterocycles. The number of aryl methyl sites for hydroxylation is 1. The van der Waals surface area contributed by atoms with Crippen LogP contribution in [0.2, 0.25) is 0 Å². The summed E-state index contributed by atoms with van der Waals surface area (Å²) >= 11 is 0. The summed E-state index contributed by atoms with van der Waals surface area (Å²) in [5.41, 5.74) is 3.60. The number of nitrogens with one attached hydrogen (secondary N) is 2. The lowest BCUT2D eigenvalue weighted by Gasteiger charge is -2.24. The van der Waals surface area contributed by atoms with Gasteiger partial charge in [-0.2, -0.15) is 0 Å². The van der Waals surface area contributed by atoms with Gasteiger partial charge in [-0.05, 0) is 44.4 Å². The molecule has 0 aliphatic heterocycles. The quantitative estimate of drug-likeness (QED) is 0.598. The normalized spacial score (nSPS) is 14.0. The average Bonchev–Trinajstić information content (AvgIpc) is 2.63. The summed E-state index contributed by atoms with van der Waals surface area (Å²) in [7, 11) is 0. The fraction of sp³-hybridized carbons (Fsp3) is 0.429. The molecule has 0 saturated carbocycles. The fourth-order valence-corrected chi connectivity index (χ4v) is 2.65. The van der Waals surface area contributed by atoms with E-state index < -0.39 is 0 Å². The Hall–Kier alpha value is -2.36. The van der Waals surface area contributed by atoms with Gasteiger partial charge >= 0.3 is 0 Å². The SMILES string of the molecule is CCNC(=NCCc1ccc(C)nc1)NC(C)C(C)c1ccccc1. The third-order valence-corrected chi connectivity index (χ3v) is 4.43. The maximum absolute atomic E-state index is 4.71. The van der Waals surface area contributed by atoms with Crippen LogP contribution >= 0.6 is 0 Å². The zero-order valence-electron chi connectivity index (χ0n) is 15.8. The molecule has 2 atom stereocenters. The van der Waals surface area contributed by atoms with Gasteiger partial charge in [0.1, 0.15) is 0 Å². The fourth-order valence-electron chi connectivity index (χ4n) is 2.65. The van der Waals surface area contributed by atoms with Crippen LogP contribution in [0.5, 0.6) is 0 Å². The van der Waals surface area contributed by atoms with Crippen molar-refractivity contribution >= 4 is 5.96 Å². The van der Waals surface area contributed by atoms with E-state index in [0.29, 0.717) is 12.0 Å². The van der Waals surface area contributed by atoms with Gasteiger partial charge < -0.3 is 10.6 Å². The maximum atomic E-state index is 4.71. The van der Waals surface area contributed by atoms with Gasteiger partial charge in [-0.25, -0.2) is 0 Å². The van der Waals surface area contributed by atoms with E-state index in [0.717, 1.165) is 31.2 Å². The summed E-state index contributed by atoms with van der Waals surface area (Å²) < 4.78 is 0. The van der Waals surface area contributed by atoms with Crippen molar-refractivity contribution in [1.29, 1.82) is 0 Å². The van der Waals surface area contributed by atoms with E-state index in [4.69, 9.17) is 4.99 Å². The van der Waals surface area contributed by atoms with E-state index >= 15 is 0 Å². The Morgan fingerprint density at radius 2 is 1.88 bits per heavy atom. The van der Waals surface area contributed by atoms with Gasteiger partial charge in [0, 0.05) is 36.9 Å². The molecular weight excluding hydrogens is 308 g/mol. The van der Waals surface area contributed by atoms with Crippen LogP contribution in [0.3, 0.4) is 0 Å². The van der Waals surface area contributed by atoms with Crippen LogP contribution in [-0.4, -0.2) is 30.1 Å². The Labute approximate surface area is 151 Å². The van der Waals surface area contributed by atoms with Gasteiger partial charge in [-0.1, -0.05) is 43.3 Å². The van der Waals surface area contributed by atoms with Crippen molar-refractivity contribution in [2.75, 3.05) is 13.1 Å². The summed E-state index contributed by atoms with van der Waals surface area (Å²) in [5.74, 6) is 1.28. The summed E-state index contributed by atoms with van der Waals surface area (Å²) in [6, 6.07) is 15.1. The van der Waals surface area contributed by atoms with Crippen LogP contribution in [0.15, 0.2) is 53.7 Å². The van der Waals surface area contributed by atoms with E-state index in [1.807, 2.05) is 19.2 Å². The van der Waals surface area contributed by atoms with E-state index in [1.54, 1.807) is 0 Å². The molecule has 25 heavy (non-hydrogen) atoms. The van der Waals surface area contributed by atoms with Crippen molar-refractivity contribution in [3.63, 3.8) is 0 Å². The van der Waals surface area contributed by atoms with Crippen molar-refractivity contribution < 1.29 is 0 Å². The second-order valence-corrected chi connectivity index (χ2v) is 6.45. The largest absolute Gasteiger partial charge is 0.357 e. The number of hydrogen-bond acceptors (Lipinski definition) is 2. The summed E-state index contributed by atoms with van der Waals surface area (Å²) in [4.78, 5) is 9.05. The predicted octanol–water partition coefficient (Wildman–Crippen LogP) is 3.68. The molecule has 1 aromatic carbocycles. The van der Waals surface area contributed by atoms with E-state index in [9.17, 15) is 0 Å². The van der Waals surface area contributed by atoms with Crippen LogP contribution in [0, 0.1) is 6.92 Å². The molecule has 2 unspecified atom stereocenters. The third-order valence-electron chi connectivity index (χ3n) is 4.43. The molecule has 0 radical (unpaired) electrons. The Bertz CT molecular complexity index is 649. The first-order chi connectivity index (χ1) is 12.1. The molecular formula is C21H30N4. The molecule has 0 amide bonds. The molecule has 1 aromatic heterocycles. The molecule has 0 fully saturated rings. The van der Waals surface area contributed by atoms with Crippen LogP contribution < -0.4 is 10.6 Å². The highest BCUT2D eigenvalue weighted by atomic mass is 15.2. The van der Waals surface area contributed by atoms with Gasteiger partial charge in [0.2, 0.25) is 0 Å². The van der Waals surface area contributed by atoms with Crippen molar-refractivity contribution in [3.8, 4) is 0 Å². The number of benzene rings is 1. The summed E-state index contributed by atoms with van der Waals surface area (Å²) in [6.45, 7) is 10.1. The lowest BCUT2D eigenvalue weighted by Crippen LogP contribution is -2.44. The average molecular weight is 338 g/mol. The van der Waals surface area contributed by atoms with Gasteiger partial charge in [-0.15, -0.1) is 0 Å². The molecule has 0 aliphatic carbocycles. The molecule has 2 rings (SSSR count). The molecule has 134 valence electrons. The lowest BCUT2D eigenvalue weighted by molar-refractivity contribution is 0.550. The minimum absolute atomic E-state index is 0.293. The number of hydrogen-bond donors (Lipinski definition) is 2. The van der Waals surface area contributed by atoms with Gasteiger partial charge in [0.15, 0.2) is 5.96 Å². The smallest absolute Gasteiger partial charge is 0.191 e. The Morgan fingerprint density at radius 1 is 1.12 bits per heavy atom. The van der Waals surface area contributed by atoms with Gasteiger partial charge in [0.25, 0.3) is 0 Å². The Morgan fingerprint density at radius 3 is 2.52 bits per heavy atom. The van der Waals surface area contributed by atoms with Crippen molar-refractivity contribution in [3.05, 3.63) is 65.5 Å². The summed E-state index contributed by atoms with van der Waals surface area (Å²) in [5, 5.41) is 6.87. The zero-order chi connectivity index (χ0) is 18.1. The van der Waals surface area contributed by atoms with Gasteiger partial charge in [0.05, 0.1) is 0 Å². The predicted molar refractivity (Wildman–Crippen MR) is 106 cm³/mol. The van der Waals surface area contributed by atoms with E-state index in [-0.39, 0.29) is 0 Å². The minimum atomic E-state index is 0.293. The van der Waals surface area contributed by atoms with Crippen LogP contribution in [0.4, 0.5) is 0 Å². The van der Waals surface area contributed by atoms with Gasteiger partial charge in [-0.3, -0.25) is 9.98 Å². The highest BCUT2D eigenvalue weighted by Gasteiger charge is 2.15. The first-order valence-electron chi connectivity index (χ1n) is 9.11. The molecule has 0 saturated heterocycles. The number of aliphatic imine (C=N–C) groups is 1. The molecule has 0 aliphatic rings. The summed E-state index contributed by atoms with van der Waals surface area (Å²) in [6.07, 6.45) is 2.83. The number of aromatic nitrogens is 1. The lowest BCUT2D eigenvalue weighted by atomic mass is 9.94. The monoisotopic (exact) mass is 338 g/mol. The zero-order valence-corrected chi connectivity index (χ0v) is 15.8. The third kappa shape index (κ3) is 6.22. The Kier molecular flexibility index (Phi) is 7.45. The maximum Gasteiger partial charge on any atom is 0.191 e. The van der Waals surface area contributed by atoms with Crippen LogP contribution in [0.1, 0.15) is 43.5 Å². The number of nitrogens with zero attached hydrogens (tertiary/aromatic N) is 2. The second-order valence-electron chi connectivity index (χ2n) is 6.45. The highest BCUT2D eigenvalue weighted by Crippen LogP contribution is 2.18. The first-order valence-corrected chi connectivity index (χ1v) is 9.11. The molecule has 4 nitrogen and oxygen atoms in total. The topological polar surface area (TPSA) is 49.3 Å². The van der Waals surface area contributed by atoms with E-state index in [1.165, 1.54) is 11.1 Å². The molecule has 4 heteroatoms. The number of guanidine groups is 1. The molecule has 0 spiro atoms. The molecule has 2 aromatic rings. The minimum Gasteiger partial charge on any atom is -0.357 e. The number of pyridine rings is 1. The highest BCUT2D eigenvalue weighted by molar-refractivity contribution is 5.80. The van der Waals surface area contributed by atoms with Crippen molar-refractivity contribution in [1.82, 2.24) is 15.6 Å². The number of rotatable bonds is 7. The Balaban J connectivity index is 1.93. The first kappa shape index (κ1) is 19.0. The molecule has 2 N–H and O–H groups in total. The second kappa shape index (κ2) is 9.82. The standard InChI is InChI=1S/C21H30N4/c1-5-22-21(23-14-13-19-12-11-16(2)24-15-19)25-18(4)17(3)20-9-7-6-8-10-20/h6-12,15,17-18H,5,13-14H2,1-4H3,(H2,22,23,25). The van der Waals surface area contributed by atoms with E-state index in [2.05, 4.69) is 72.8 Å². The van der Waals surface area contributed by atoms with Crippen LogP contribution in [-0.2, 0) is 6.42 Å². The molecule has 0 bridgehead atoms.